The van der Waals surface area contributed by atoms with Gasteiger partial charge in [0.2, 0.25) is 0 Å². The smallest absolute Gasteiger partial charge is 0.0260 e. The van der Waals surface area contributed by atoms with Crippen LogP contribution in [0.25, 0.3) is 0 Å². The number of thiol groups is 1. The molecule has 0 saturated carbocycles. The van der Waals surface area contributed by atoms with Crippen LogP contribution in [-0.4, -0.2) is 9.61 Å². The van der Waals surface area contributed by atoms with E-state index in [9.17, 15) is 0 Å². The Labute approximate surface area is 158 Å². The molecule has 0 N–H and O–H groups in total. The summed E-state index contributed by atoms with van der Waals surface area (Å²) in [6.45, 7) is 30.3. The van der Waals surface area contributed by atoms with Crippen molar-refractivity contribution in [1.29, 1.82) is 0 Å². The molecule has 0 unspecified atom stereocenters. The highest BCUT2D eigenvalue weighted by molar-refractivity contribution is 7.82. The van der Waals surface area contributed by atoms with E-state index in [0.29, 0.717) is 0 Å². The number of hydrogen-bond acceptors (Lipinski definition) is 2. The van der Waals surface area contributed by atoms with Gasteiger partial charge >= 0.3 is 0 Å². The lowest BCUT2D eigenvalue weighted by Gasteiger charge is -2.50. The third kappa shape index (κ3) is 7.73. The van der Waals surface area contributed by atoms with Gasteiger partial charge in [-0.1, -0.05) is 101 Å². The molecular weight excluding hydrogens is 316 g/mol. The molecular formula is C21H42S2. The summed E-state index contributed by atoms with van der Waals surface area (Å²) in [5.41, 5.74) is 0.715. The minimum atomic E-state index is 0.00174. The van der Waals surface area contributed by atoms with Gasteiger partial charge in [0.1, 0.15) is 0 Å². The fourth-order valence-electron chi connectivity index (χ4n) is 3.07. The summed E-state index contributed by atoms with van der Waals surface area (Å²) in [7, 11) is 0. The van der Waals surface area contributed by atoms with Crippen molar-refractivity contribution in [2.45, 2.75) is 94.3 Å². The summed E-state index contributed by atoms with van der Waals surface area (Å²) in [5.74, 6) is 0. The van der Waals surface area contributed by atoms with E-state index in [0.717, 1.165) is 11.3 Å². The Morgan fingerprint density at radius 2 is 1.04 bits per heavy atom. The first-order valence-electron chi connectivity index (χ1n) is 8.60. The van der Waals surface area contributed by atoms with Crippen LogP contribution in [0.3, 0.4) is 0 Å². The molecule has 138 valence electrons. The summed E-state index contributed by atoms with van der Waals surface area (Å²) < 4.78 is 0.00174. The molecule has 0 aromatic rings. The first kappa shape index (κ1) is 25.4. The monoisotopic (exact) mass is 358 g/mol. The van der Waals surface area contributed by atoms with Gasteiger partial charge in [-0.25, -0.2) is 0 Å². The molecule has 0 aliphatic rings. The molecule has 0 bridgehead atoms. The first-order valence-corrected chi connectivity index (χ1v) is 9.45. The van der Waals surface area contributed by atoms with Gasteiger partial charge < -0.3 is 0 Å². The molecule has 0 fully saturated rings. The Hall–Kier alpha value is 0.180. The van der Waals surface area contributed by atoms with E-state index in [4.69, 9.17) is 24.8 Å². The average molecular weight is 359 g/mol. The normalized spacial score (nSPS) is 14.0. The van der Waals surface area contributed by atoms with Gasteiger partial charge in [-0.3, -0.25) is 0 Å². The highest BCUT2D eigenvalue weighted by atomic mass is 32.1. The topological polar surface area (TPSA) is 0 Å². The standard InChI is InChI=1S/C12H24S.C9H18S/c1-8-9-12(13,10(2,3)4)11(5,6)7;1-8(2,3)7(10)9(4,5)6/h8,13H,1,9H2,2-7H3;1-6H3. The molecule has 0 spiro atoms. The minimum Gasteiger partial charge on any atom is -0.171 e. The lowest BCUT2D eigenvalue weighted by atomic mass is 9.64. The van der Waals surface area contributed by atoms with E-state index in [-0.39, 0.29) is 26.4 Å². The van der Waals surface area contributed by atoms with Crippen LogP contribution in [0, 0.1) is 21.7 Å². The lowest BCUT2D eigenvalue weighted by Crippen LogP contribution is -2.48. The van der Waals surface area contributed by atoms with Gasteiger partial charge in [0.05, 0.1) is 0 Å². The lowest BCUT2D eigenvalue weighted by molar-refractivity contribution is 0.145. The van der Waals surface area contributed by atoms with E-state index in [1.54, 1.807) is 0 Å². The van der Waals surface area contributed by atoms with Gasteiger partial charge in [-0.05, 0) is 28.1 Å². The van der Waals surface area contributed by atoms with Crippen LogP contribution in [0.1, 0.15) is 89.5 Å². The Balaban J connectivity index is 0. The number of allylic oxidation sites excluding steroid dienone is 1. The third-order valence-corrected chi connectivity index (χ3v) is 7.03. The minimum absolute atomic E-state index is 0.00174. The zero-order chi connectivity index (χ0) is 19.5. The second kappa shape index (κ2) is 8.04. The van der Waals surface area contributed by atoms with Crippen molar-refractivity contribution < 1.29 is 0 Å². The van der Waals surface area contributed by atoms with Crippen molar-refractivity contribution in [3.63, 3.8) is 0 Å². The van der Waals surface area contributed by atoms with Gasteiger partial charge in [-0.15, -0.1) is 6.58 Å². The van der Waals surface area contributed by atoms with Crippen LogP contribution < -0.4 is 0 Å². The highest BCUT2D eigenvalue weighted by Gasteiger charge is 2.46. The maximum Gasteiger partial charge on any atom is 0.0260 e. The van der Waals surface area contributed by atoms with Gasteiger partial charge in [0.25, 0.3) is 0 Å². The SMILES string of the molecule is C=CCC(S)(C(C)(C)C)C(C)(C)C.CC(C)(C)C(=S)C(C)(C)C. The van der Waals surface area contributed by atoms with Crippen LogP contribution in [0.15, 0.2) is 12.7 Å². The van der Waals surface area contributed by atoms with E-state index >= 15 is 0 Å². The molecule has 0 amide bonds. The van der Waals surface area contributed by atoms with E-state index in [1.165, 1.54) is 0 Å². The summed E-state index contributed by atoms with van der Waals surface area (Å²) >= 11 is 10.2. The molecule has 0 aliphatic heterocycles. The zero-order valence-electron chi connectivity index (χ0n) is 17.8. The molecule has 0 rings (SSSR count). The van der Waals surface area contributed by atoms with Gasteiger partial charge in [-0.2, -0.15) is 12.6 Å². The molecule has 0 heterocycles. The quantitative estimate of drug-likeness (QED) is 0.299. The second-order valence-electron chi connectivity index (χ2n) is 10.7. The third-order valence-electron chi connectivity index (χ3n) is 4.28. The van der Waals surface area contributed by atoms with Crippen LogP contribution in [0.2, 0.25) is 0 Å². The molecule has 0 aliphatic carbocycles. The number of thiocarbonyl (C=S) groups is 1. The van der Waals surface area contributed by atoms with Gasteiger partial charge in [0, 0.05) is 9.61 Å². The van der Waals surface area contributed by atoms with Crippen LogP contribution in [0.4, 0.5) is 0 Å². The molecule has 0 nitrogen and oxygen atoms in total. The highest BCUT2D eigenvalue weighted by Crippen LogP contribution is 2.51. The number of hydrogen-bond donors (Lipinski definition) is 1. The van der Waals surface area contributed by atoms with E-state index in [2.05, 4.69) is 89.7 Å². The summed E-state index contributed by atoms with van der Waals surface area (Å²) in [5, 5.41) is 0. The predicted octanol–water partition coefficient (Wildman–Crippen LogP) is 7.77. The van der Waals surface area contributed by atoms with Crippen LogP contribution in [0.5, 0.6) is 0 Å². The van der Waals surface area contributed by atoms with Gasteiger partial charge in [0.15, 0.2) is 0 Å². The van der Waals surface area contributed by atoms with Crippen molar-refractivity contribution in [3.05, 3.63) is 12.7 Å². The Bertz CT molecular complexity index is 360. The first-order chi connectivity index (χ1) is 9.72. The molecule has 0 atom stereocenters. The summed E-state index contributed by atoms with van der Waals surface area (Å²) in [6, 6.07) is 0. The van der Waals surface area contributed by atoms with Crippen molar-refractivity contribution in [1.82, 2.24) is 0 Å². The maximum atomic E-state index is 5.33. The van der Waals surface area contributed by atoms with Crippen molar-refractivity contribution in [2.24, 2.45) is 21.7 Å². The predicted molar refractivity (Wildman–Crippen MR) is 117 cm³/mol. The summed E-state index contributed by atoms with van der Waals surface area (Å²) in [6.07, 6.45) is 2.92. The van der Waals surface area contributed by atoms with Crippen LogP contribution in [-0.2, 0) is 0 Å². The Kier molecular flexibility index (Phi) is 8.89. The fraction of sp³-hybridized carbons (Fsp3) is 0.857. The second-order valence-corrected chi connectivity index (χ2v) is 11.9. The molecule has 0 aromatic carbocycles. The molecule has 0 saturated heterocycles. The molecule has 0 radical (unpaired) electrons. The maximum absolute atomic E-state index is 5.33. The van der Waals surface area contributed by atoms with Crippen LogP contribution >= 0.6 is 24.8 Å². The fourth-order valence-corrected chi connectivity index (χ4v) is 3.20. The molecule has 2 heteroatoms. The van der Waals surface area contributed by atoms with Crippen molar-refractivity contribution >= 4 is 29.7 Å². The molecule has 23 heavy (non-hydrogen) atoms. The van der Waals surface area contributed by atoms with E-state index in [1.807, 2.05) is 6.08 Å². The Morgan fingerprint density at radius 3 is 1.09 bits per heavy atom. The number of rotatable bonds is 2. The Morgan fingerprint density at radius 1 is 0.783 bits per heavy atom. The molecule has 0 aromatic heterocycles. The van der Waals surface area contributed by atoms with Crippen molar-refractivity contribution in [3.8, 4) is 0 Å². The summed E-state index contributed by atoms with van der Waals surface area (Å²) in [4.78, 5) is 1.15. The average Bonchev–Trinajstić information content (AvgIpc) is 2.23. The van der Waals surface area contributed by atoms with Crippen molar-refractivity contribution in [2.75, 3.05) is 0 Å². The van der Waals surface area contributed by atoms with E-state index < -0.39 is 0 Å². The largest absolute Gasteiger partial charge is 0.171 e. The zero-order valence-corrected chi connectivity index (χ0v) is 19.6.